The molecule has 0 aliphatic rings. The summed E-state index contributed by atoms with van der Waals surface area (Å²) in [6, 6.07) is 4.84. The maximum atomic E-state index is 13.2. The molecule has 10 heteroatoms. The number of rotatable bonds is 5. The molecule has 3 amide bonds. The number of carbonyl (C=O) groups is 3. The van der Waals surface area contributed by atoms with E-state index in [9.17, 15) is 18.8 Å². The first-order valence-electron chi connectivity index (χ1n) is 8.73. The summed E-state index contributed by atoms with van der Waals surface area (Å²) in [5, 5.41) is 5.20. The van der Waals surface area contributed by atoms with Crippen molar-refractivity contribution in [2.24, 2.45) is 0 Å². The minimum Gasteiger partial charge on any atom is -0.448 e. The number of benzene rings is 1. The molecule has 2 aromatic rings. The highest BCUT2D eigenvalue weighted by Gasteiger charge is 2.25. The molecule has 0 radical (unpaired) electrons. The van der Waals surface area contributed by atoms with Gasteiger partial charge in [0.1, 0.15) is 5.82 Å². The van der Waals surface area contributed by atoms with Crippen molar-refractivity contribution in [2.45, 2.75) is 44.5 Å². The van der Waals surface area contributed by atoms with Gasteiger partial charge in [0.25, 0.3) is 5.91 Å². The van der Waals surface area contributed by atoms with E-state index in [1.165, 1.54) is 53.7 Å². The van der Waals surface area contributed by atoms with E-state index >= 15 is 0 Å². The van der Waals surface area contributed by atoms with Crippen molar-refractivity contribution < 1.29 is 23.5 Å². The third-order valence-corrected chi connectivity index (χ3v) is 4.24. The fraction of sp³-hybridized carbons (Fsp3) is 0.368. The van der Waals surface area contributed by atoms with Gasteiger partial charge >= 0.3 is 12.0 Å². The highest BCUT2D eigenvalue weighted by Crippen LogP contribution is 2.22. The van der Waals surface area contributed by atoms with Gasteiger partial charge in [-0.15, -0.1) is 0 Å². The smallest absolute Gasteiger partial charge is 0.357 e. The van der Waals surface area contributed by atoms with E-state index < -0.39 is 35.4 Å². The highest BCUT2D eigenvalue weighted by molar-refractivity contribution is 7.98. The predicted molar refractivity (Wildman–Crippen MR) is 107 cm³/mol. The lowest BCUT2D eigenvalue weighted by Crippen LogP contribution is -2.50. The molecule has 156 valence electrons. The Bertz CT molecular complexity index is 906. The van der Waals surface area contributed by atoms with Crippen LogP contribution in [0.15, 0.2) is 35.6 Å². The van der Waals surface area contributed by atoms with Gasteiger partial charge in [-0.1, -0.05) is 11.8 Å². The van der Waals surface area contributed by atoms with E-state index in [0.29, 0.717) is 10.8 Å². The van der Waals surface area contributed by atoms with Gasteiger partial charge in [-0.25, -0.2) is 19.0 Å². The van der Waals surface area contributed by atoms with Crippen molar-refractivity contribution in [3.05, 3.63) is 42.0 Å². The van der Waals surface area contributed by atoms with E-state index in [1.807, 2.05) is 0 Å². The normalized spacial score (nSPS) is 12.2. The van der Waals surface area contributed by atoms with Crippen LogP contribution >= 0.6 is 11.8 Å². The van der Waals surface area contributed by atoms with Crippen molar-refractivity contribution in [3.8, 4) is 5.69 Å². The van der Waals surface area contributed by atoms with Crippen LogP contribution in [0.1, 0.15) is 38.2 Å². The summed E-state index contributed by atoms with van der Waals surface area (Å²) in [4.78, 5) is 40.7. The van der Waals surface area contributed by atoms with E-state index in [4.69, 9.17) is 4.74 Å². The Labute approximate surface area is 172 Å². The predicted octanol–water partition coefficient (Wildman–Crippen LogP) is 2.90. The number of amides is 3. The molecule has 0 aliphatic carbocycles. The zero-order valence-corrected chi connectivity index (χ0v) is 17.6. The van der Waals surface area contributed by atoms with Crippen molar-refractivity contribution in [2.75, 3.05) is 6.26 Å². The van der Waals surface area contributed by atoms with Crippen LogP contribution in [0.4, 0.5) is 9.18 Å². The van der Waals surface area contributed by atoms with Gasteiger partial charge in [-0.05, 0) is 58.2 Å². The standard InChI is InChI=1S/C19H23FN4O4S/c1-11(15(25)22-17(27)23-19(2,3)4)28-16(26)14-10-21-18(29-5)24(14)13-8-6-12(20)7-9-13/h6-11H,1-5H3,(H2,22,23,25,27). The Balaban J connectivity index is 2.14. The summed E-state index contributed by atoms with van der Waals surface area (Å²) in [6.07, 6.45) is 1.87. The fourth-order valence-electron chi connectivity index (χ4n) is 2.32. The Morgan fingerprint density at radius 3 is 2.38 bits per heavy atom. The van der Waals surface area contributed by atoms with Gasteiger partial charge in [0.15, 0.2) is 17.0 Å². The number of halogens is 1. The number of nitrogens with one attached hydrogen (secondary N) is 2. The molecule has 0 bridgehead atoms. The second kappa shape index (κ2) is 9.08. The third kappa shape index (κ3) is 6.05. The number of hydrogen-bond donors (Lipinski definition) is 2. The highest BCUT2D eigenvalue weighted by atomic mass is 32.2. The Kier molecular flexibility index (Phi) is 7.02. The maximum absolute atomic E-state index is 13.2. The van der Waals surface area contributed by atoms with E-state index in [-0.39, 0.29) is 5.69 Å². The lowest BCUT2D eigenvalue weighted by atomic mass is 10.1. The third-order valence-electron chi connectivity index (χ3n) is 3.58. The van der Waals surface area contributed by atoms with Gasteiger partial charge in [0.2, 0.25) is 0 Å². The summed E-state index contributed by atoms with van der Waals surface area (Å²) >= 11 is 1.29. The maximum Gasteiger partial charge on any atom is 0.357 e. The summed E-state index contributed by atoms with van der Waals surface area (Å²) < 4.78 is 19.9. The first-order valence-corrected chi connectivity index (χ1v) is 9.96. The van der Waals surface area contributed by atoms with E-state index in [1.54, 1.807) is 27.0 Å². The average Bonchev–Trinajstić information content (AvgIpc) is 3.04. The van der Waals surface area contributed by atoms with Crippen LogP contribution in [0.5, 0.6) is 0 Å². The number of imide groups is 1. The number of esters is 1. The molecule has 8 nitrogen and oxygen atoms in total. The molecule has 0 spiro atoms. The number of imidazole rings is 1. The van der Waals surface area contributed by atoms with Crippen LogP contribution in [0, 0.1) is 5.82 Å². The lowest BCUT2D eigenvalue weighted by molar-refractivity contribution is -0.127. The SMILES string of the molecule is CSc1ncc(C(=O)OC(C)C(=O)NC(=O)NC(C)(C)C)n1-c1ccc(F)cc1. The monoisotopic (exact) mass is 422 g/mol. The summed E-state index contributed by atoms with van der Waals surface area (Å²) in [5.41, 5.74) is 0.0572. The number of hydrogen-bond acceptors (Lipinski definition) is 6. The van der Waals surface area contributed by atoms with E-state index in [2.05, 4.69) is 15.6 Å². The van der Waals surface area contributed by atoms with Gasteiger partial charge in [-0.3, -0.25) is 14.7 Å². The first kappa shape index (κ1) is 22.4. The van der Waals surface area contributed by atoms with Gasteiger partial charge in [-0.2, -0.15) is 0 Å². The lowest BCUT2D eigenvalue weighted by Gasteiger charge is -2.21. The van der Waals surface area contributed by atoms with Crippen LogP contribution < -0.4 is 10.6 Å². The molecular formula is C19H23FN4O4S. The quantitative estimate of drug-likeness (QED) is 0.567. The number of nitrogens with zero attached hydrogens (tertiary/aromatic N) is 2. The van der Waals surface area contributed by atoms with Crippen molar-refractivity contribution in [1.29, 1.82) is 0 Å². The molecule has 2 rings (SSSR count). The molecule has 0 saturated carbocycles. The van der Waals surface area contributed by atoms with Crippen LogP contribution in [-0.4, -0.2) is 45.4 Å². The molecule has 29 heavy (non-hydrogen) atoms. The molecule has 1 aromatic carbocycles. The molecule has 2 N–H and O–H groups in total. The molecule has 0 fully saturated rings. The Morgan fingerprint density at radius 2 is 1.83 bits per heavy atom. The second-order valence-electron chi connectivity index (χ2n) is 7.18. The Morgan fingerprint density at radius 1 is 1.21 bits per heavy atom. The number of aromatic nitrogens is 2. The fourth-order valence-corrected chi connectivity index (χ4v) is 2.87. The molecule has 1 atom stereocenters. The summed E-state index contributed by atoms with van der Waals surface area (Å²) in [6.45, 7) is 6.65. The average molecular weight is 422 g/mol. The molecule has 1 heterocycles. The van der Waals surface area contributed by atoms with Crippen LogP contribution in [-0.2, 0) is 9.53 Å². The van der Waals surface area contributed by atoms with Gasteiger partial charge in [0.05, 0.1) is 6.20 Å². The first-order chi connectivity index (χ1) is 13.5. The number of ether oxygens (including phenoxy) is 1. The van der Waals surface area contributed by atoms with Crippen molar-refractivity contribution >= 4 is 29.7 Å². The molecule has 1 aromatic heterocycles. The molecule has 1 unspecified atom stereocenters. The zero-order valence-electron chi connectivity index (χ0n) is 16.8. The molecule has 0 saturated heterocycles. The van der Waals surface area contributed by atoms with E-state index in [0.717, 1.165) is 0 Å². The van der Waals surface area contributed by atoms with Gasteiger partial charge < -0.3 is 10.1 Å². The van der Waals surface area contributed by atoms with Crippen LogP contribution in [0.2, 0.25) is 0 Å². The molecule has 0 aliphatic heterocycles. The van der Waals surface area contributed by atoms with Crippen molar-refractivity contribution in [1.82, 2.24) is 20.2 Å². The minimum absolute atomic E-state index is 0.0692. The van der Waals surface area contributed by atoms with Gasteiger partial charge in [0, 0.05) is 11.2 Å². The minimum atomic E-state index is -1.22. The Hall–Kier alpha value is -2.88. The molecular weight excluding hydrogens is 399 g/mol. The van der Waals surface area contributed by atoms with Crippen LogP contribution in [0.3, 0.4) is 0 Å². The summed E-state index contributed by atoms with van der Waals surface area (Å²) in [7, 11) is 0. The largest absolute Gasteiger partial charge is 0.448 e. The number of thioether (sulfide) groups is 1. The summed E-state index contributed by atoms with van der Waals surface area (Å²) in [5.74, 6) is -1.98. The zero-order chi connectivity index (χ0) is 21.8. The number of carbonyl (C=O) groups excluding carboxylic acids is 3. The van der Waals surface area contributed by atoms with Crippen molar-refractivity contribution in [3.63, 3.8) is 0 Å². The number of urea groups is 1. The topological polar surface area (TPSA) is 102 Å². The van der Waals surface area contributed by atoms with Crippen LogP contribution in [0.25, 0.3) is 5.69 Å². The second-order valence-corrected chi connectivity index (χ2v) is 7.96.